The van der Waals surface area contributed by atoms with Gasteiger partial charge in [-0.25, -0.2) is 9.97 Å². The number of hydrogen-bond donors (Lipinski definition) is 0. The molecule has 1 aromatic heterocycles. The summed E-state index contributed by atoms with van der Waals surface area (Å²) in [7, 11) is 0. The number of fused-ring (bicyclic) bond motifs is 1. The monoisotopic (exact) mass is 323 g/mol. The second-order valence-electron chi connectivity index (χ2n) is 5.64. The van der Waals surface area contributed by atoms with Crippen molar-refractivity contribution in [2.75, 3.05) is 4.90 Å². The molecule has 0 fully saturated rings. The molecule has 1 heterocycles. The Bertz CT molecular complexity index is 990. The van der Waals surface area contributed by atoms with E-state index in [-0.39, 0.29) is 0 Å². The molecular weight excluding hydrogens is 306 g/mol. The summed E-state index contributed by atoms with van der Waals surface area (Å²) < 4.78 is 0. The van der Waals surface area contributed by atoms with Crippen molar-refractivity contribution in [1.82, 2.24) is 9.97 Å². The Balaban J connectivity index is 1.84. The molecule has 0 saturated carbocycles. The van der Waals surface area contributed by atoms with Crippen molar-refractivity contribution in [3.05, 3.63) is 103 Å². The molecule has 0 bridgehead atoms. The molecule has 0 N–H and O–H groups in total. The SMILES string of the molecule is C(=C\N(c1ncccn1)c1cccc2ccccc12)/c1ccccc1. The third-order valence-electron chi connectivity index (χ3n) is 4.01. The number of anilines is 2. The lowest BCUT2D eigenvalue weighted by Gasteiger charge is -2.20. The molecule has 0 aliphatic heterocycles. The van der Waals surface area contributed by atoms with Crippen LogP contribution in [0.1, 0.15) is 5.56 Å². The molecule has 0 aliphatic rings. The van der Waals surface area contributed by atoms with Crippen molar-refractivity contribution < 1.29 is 0 Å². The lowest BCUT2D eigenvalue weighted by atomic mass is 10.1. The second-order valence-corrected chi connectivity index (χ2v) is 5.64. The predicted octanol–water partition coefficient (Wildman–Crippen LogP) is 5.44. The van der Waals surface area contributed by atoms with E-state index in [4.69, 9.17) is 0 Å². The summed E-state index contributed by atoms with van der Waals surface area (Å²) in [5.74, 6) is 0.644. The van der Waals surface area contributed by atoms with E-state index in [1.165, 1.54) is 5.39 Å². The minimum absolute atomic E-state index is 0.644. The standard InChI is InChI=1S/C22H17N3/c1-2-8-18(9-3-1)14-17-25(22-23-15-7-16-24-22)21-13-6-11-19-10-4-5-12-20(19)21/h1-17H/b17-14+. The largest absolute Gasteiger partial charge is 0.285 e. The van der Waals surface area contributed by atoms with Crippen molar-refractivity contribution in [2.45, 2.75) is 0 Å². The lowest BCUT2D eigenvalue weighted by molar-refractivity contribution is 1.08. The van der Waals surface area contributed by atoms with Gasteiger partial charge in [-0.05, 0) is 29.2 Å². The number of aromatic nitrogens is 2. The van der Waals surface area contributed by atoms with E-state index < -0.39 is 0 Å². The molecule has 0 radical (unpaired) electrons. The van der Waals surface area contributed by atoms with Crippen LogP contribution in [0.2, 0.25) is 0 Å². The number of hydrogen-bond acceptors (Lipinski definition) is 3. The van der Waals surface area contributed by atoms with Crippen molar-refractivity contribution in [2.24, 2.45) is 0 Å². The van der Waals surface area contributed by atoms with Gasteiger partial charge in [-0.1, -0.05) is 66.7 Å². The third-order valence-corrected chi connectivity index (χ3v) is 4.01. The zero-order valence-corrected chi connectivity index (χ0v) is 13.7. The predicted molar refractivity (Wildman–Crippen MR) is 104 cm³/mol. The van der Waals surface area contributed by atoms with Crippen molar-refractivity contribution in [3.63, 3.8) is 0 Å². The maximum absolute atomic E-state index is 4.44. The molecule has 4 rings (SSSR count). The number of benzene rings is 3. The first-order valence-corrected chi connectivity index (χ1v) is 8.19. The summed E-state index contributed by atoms with van der Waals surface area (Å²) in [5.41, 5.74) is 2.18. The lowest BCUT2D eigenvalue weighted by Crippen LogP contribution is -2.12. The molecule has 3 aromatic carbocycles. The normalized spacial score (nSPS) is 11.0. The Morgan fingerprint density at radius 3 is 2.24 bits per heavy atom. The molecule has 0 spiro atoms. The highest BCUT2D eigenvalue weighted by atomic mass is 15.2. The van der Waals surface area contributed by atoms with Gasteiger partial charge in [0.25, 0.3) is 0 Å². The van der Waals surface area contributed by atoms with E-state index in [1.807, 2.05) is 35.4 Å². The second kappa shape index (κ2) is 6.97. The first kappa shape index (κ1) is 15.1. The van der Waals surface area contributed by atoms with Gasteiger partial charge in [-0.15, -0.1) is 0 Å². The Morgan fingerprint density at radius 1 is 0.680 bits per heavy atom. The van der Waals surface area contributed by atoms with E-state index >= 15 is 0 Å². The molecule has 0 amide bonds. The van der Waals surface area contributed by atoms with Crippen LogP contribution in [-0.4, -0.2) is 9.97 Å². The summed E-state index contributed by atoms with van der Waals surface area (Å²) in [6.45, 7) is 0. The Labute approximate surface area is 146 Å². The average molecular weight is 323 g/mol. The summed E-state index contributed by atoms with van der Waals surface area (Å²) >= 11 is 0. The third kappa shape index (κ3) is 3.26. The molecule has 120 valence electrons. The minimum Gasteiger partial charge on any atom is -0.285 e. The molecule has 3 heteroatoms. The zero-order valence-electron chi connectivity index (χ0n) is 13.7. The number of nitrogens with zero attached hydrogens (tertiary/aromatic N) is 3. The fourth-order valence-electron chi connectivity index (χ4n) is 2.81. The van der Waals surface area contributed by atoms with Crippen LogP contribution in [0.5, 0.6) is 0 Å². The fraction of sp³-hybridized carbons (Fsp3) is 0. The molecule has 4 aromatic rings. The maximum Gasteiger partial charge on any atom is 0.234 e. The van der Waals surface area contributed by atoms with Crippen LogP contribution >= 0.6 is 0 Å². The van der Waals surface area contributed by atoms with Gasteiger partial charge in [0.15, 0.2) is 0 Å². The first-order valence-electron chi connectivity index (χ1n) is 8.19. The summed E-state index contributed by atoms with van der Waals surface area (Å²) in [4.78, 5) is 10.9. The van der Waals surface area contributed by atoms with Crippen LogP contribution in [0, 0.1) is 0 Å². The maximum atomic E-state index is 4.44. The van der Waals surface area contributed by atoms with Gasteiger partial charge in [0.1, 0.15) is 0 Å². The van der Waals surface area contributed by atoms with Gasteiger partial charge in [-0.2, -0.15) is 0 Å². The molecule has 0 saturated heterocycles. The minimum atomic E-state index is 0.644. The van der Waals surface area contributed by atoms with Crippen LogP contribution in [0.3, 0.4) is 0 Å². The van der Waals surface area contributed by atoms with Gasteiger partial charge in [0.2, 0.25) is 5.95 Å². The van der Waals surface area contributed by atoms with E-state index in [9.17, 15) is 0 Å². The first-order chi connectivity index (χ1) is 12.4. The summed E-state index contributed by atoms with van der Waals surface area (Å²) in [5, 5.41) is 2.35. The van der Waals surface area contributed by atoms with Gasteiger partial charge in [0, 0.05) is 24.0 Å². The fourth-order valence-corrected chi connectivity index (χ4v) is 2.81. The van der Waals surface area contributed by atoms with Gasteiger partial charge >= 0.3 is 0 Å². The van der Waals surface area contributed by atoms with Crippen molar-refractivity contribution in [3.8, 4) is 0 Å². The Morgan fingerprint density at radius 2 is 1.40 bits per heavy atom. The highest BCUT2D eigenvalue weighted by molar-refractivity contribution is 5.96. The van der Waals surface area contributed by atoms with Crippen molar-refractivity contribution >= 4 is 28.5 Å². The highest BCUT2D eigenvalue weighted by Gasteiger charge is 2.11. The molecular formula is C22H17N3. The van der Waals surface area contributed by atoms with E-state index in [0.717, 1.165) is 16.6 Å². The van der Waals surface area contributed by atoms with E-state index in [1.54, 1.807) is 12.4 Å². The smallest absolute Gasteiger partial charge is 0.234 e. The van der Waals surface area contributed by atoms with E-state index in [2.05, 4.69) is 70.6 Å². The quantitative estimate of drug-likeness (QED) is 0.501. The van der Waals surface area contributed by atoms with Gasteiger partial charge in [-0.3, -0.25) is 4.90 Å². The number of rotatable bonds is 4. The van der Waals surface area contributed by atoms with Crippen LogP contribution in [0.15, 0.2) is 97.5 Å². The Hall–Kier alpha value is -3.46. The summed E-state index contributed by atoms with van der Waals surface area (Å²) in [6.07, 6.45) is 7.61. The average Bonchev–Trinajstić information content (AvgIpc) is 2.70. The molecule has 3 nitrogen and oxygen atoms in total. The molecule has 25 heavy (non-hydrogen) atoms. The van der Waals surface area contributed by atoms with Crippen LogP contribution in [-0.2, 0) is 0 Å². The van der Waals surface area contributed by atoms with Gasteiger partial charge in [0.05, 0.1) is 5.69 Å². The van der Waals surface area contributed by atoms with Crippen molar-refractivity contribution in [1.29, 1.82) is 0 Å². The van der Waals surface area contributed by atoms with Crippen LogP contribution < -0.4 is 4.90 Å². The van der Waals surface area contributed by atoms with Crippen LogP contribution in [0.25, 0.3) is 16.8 Å². The summed E-state index contributed by atoms with van der Waals surface area (Å²) in [6, 6.07) is 26.6. The Kier molecular flexibility index (Phi) is 4.21. The molecule has 0 unspecified atom stereocenters. The topological polar surface area (TPSA) is 29.0 Å². The highest BCUT2D eigenvalue weighted by Crippen LogP contribution is 2.31. The van der Waals surface area contributed by atoms with Gasteiger partial charge < -0.3 is 0 Å². The molecule has 0 aliphatic carbocycles. The zero-order chi connectivity index (χ0) is 16.9. The van der Waals surface area contributed by atoms with Crippen LogP contribution in [0.4, 0.5) is 11.6 Å². The van der Waals surface area contributed by atoms with E-state index in [0.29, 0.717) is 5.95 Å². The molecule has 0 atom stereocenters.